The van der Waals surface area contributed by atoms with Gasteiger partial charge in [-0.2, -0.15) is 0 Å². The Hall–Kier alpha value is -2.64. The van der Waals surface area contributed by atoms with Crippen LogP contribution in [0.1, 0.15) is 213 Å². The number of unbranched alkanes of at least 4 members (excludes halogenated alkanes) is 21. The molecule has 0 saturated carbocycles. The SMILES string of the molecule is CC/C=C/C/C=C/C/C=C/CCCCCCC(=O)OC1C(OCC(NC(=O)C(O)CCCCCC/C=C\CCCC)C(O)/C=C/CCCCCCCCCCCCC)OC(CO)C(O)C1O. The average molecular weight is 932 g/mol. The van der Waals surface area contributed by atoms with Gasteiger partial charge in [0.1, 0.15) is 24.4 Å². The number of aliphatic hydroxyl groups excluding tert-OH is 5. The normalized spacial score (nSPS) is 20.6. The van der Waals surface area contributed by atoms with Gasteiger partial charge in [-0.25, -0.2) is 0 Å². The highest BCUT2D eigenvalue weighted by molar-refractivity contribution is 5.80. The van der Waals surface area contributed by atoms with E-state index in [1.165, 1.54) is 70.6 Å². The van der Waals surface area contributed by atoms with Crippen molar-refractivity contribution in [3.8, 4) is 0 Å². The molecule has 1 saturated heterocycles. The topological polar surface area (TPSA) is 175 Å². The molecule has 0 aromatic carbocycles. The van der Waals surface area contributed by atoms with Crippen LogP contribution in [0.3, 0.4) is 0 Å². The third-order valence-corrected chi connectivity index (χ3v) is 12.2. The molecule has 66 heavy (non-hydrogen) atoms. The van der Waals surface area contributed by atoms with Crippen molar-refractivity contribution in [1.29, 1.82) is 0 Å². The van der Waals surface area contributed by atoms with Crippen molar-refractivity contribution in [2.75, 3.05) is 13.2 Å². The summed E-state index contributed by atoms with van der Waals surface area (Å²) in [5.41, 5.74) is 0. The molecule has 1 fully saturated rings. The molecule has 6 N–H and O–H groups in total. The zero-order valence-electron chi connectivity index (χ0n) is 41.8. The molecule has 0 aliphatic carbocycles. The monoisotopic (exact) mass is 932 g/mol. The van der Waals surface area contributed by atoms with Crippen molar-refractivity contribution in [3.05, 3.63) is 60.8 Å². The van der Waals surface area contributed by atoms with Gasteiger partial charge in [0.2, 0.25) is 5.91 Å². The van der Waals surface area contributed by atoms with E-state index in [4.69, 9.17) is 14.2 Å². The minimum atomic E-state index is -1.62. The average Bonchev–Trinajstić information content (AvgIpc) is 3.31. The summed E-state index contributed by atoms with van der Waals surface area (Å²) in [5, 5.41) is 56.6. The molecule has 8 unspecified atom stereocenters. The van der Waals surface area contributed by atoms with Crippen molar-refractivity contribution in [2.45, 2.75) is 262 Å². The lowest BCUT2D eigenvalue weighted by molar-refractivity contribution is -0.305. The van der Waals surface area contributed by atoms with Gasteiger partial charge in [0, 0.05) is 6.42 Å². The second-order valence-corrected chi connectivity index (χ2v) is 18.2. The number of rotatable bonds is 43. The maximum atomic E-state index is 13.3. The van der Waals surface area contributed by atoms with Crippen LogP contribution in [0.15, 0.2) is 60.8 Å². The van der Waals surface area contributed by atoms with E-state index in [1.807, 2.05) is 6.08 Å². The molecule has 0 spiro atoms. The quantitative estimate of drug-likeness (QED) is 0.0196. The van der Waals surface area contributed by atoms with Crippen LogP contribution >= 0.6 is 0 Å². The Balaban J connectivity index is 2.80. The summed E-state index contributed by atoms with van der Waals surface area (Å²) < 4.78 is 17.5. The lowest BCUT2D eigenvalue weighted by atomic mass is 9.99. The molecular weight excluding hydrogens is 835 g/mol. The smallest absolute Gasteiger partial charge is 0.306 e. The van der Waals surface area contributed by atoms with E-state index in [-0.39, 0.29) is 19.4 Å². The van der Waals surface area contributed by atoms with Gasteiger partial charge in [0.25, 0.3) is 0 Å². The summed E-state index contributed by atoms with van der Waals surface area (Å²) in [6.07, 6.45) is 41.3. The molecule has 11 nitrogen and oxygen atoms in total. The molecular formula is C55H97NO10. The summed E-state index contributed by atoms with van der Waals surface area (Å²) in [4.78, 5) is 26.3. The number of hydrogen-bond donors (Lipinski definition) is 6. The minimum Gasteiger partial charge on any atom is -0.454 e. The standard InChI is InChI=1S/C55H97NO10/c1-4-7-10-13-16-19-22-24-26-28-31-34-37-40-43-50(60)66-53-52(62)51(61)49(44-57)65-55(53)64-45-46(47(58)41-38-35-32-30-27-25-23-20-17-14-11-8-5-2)56-54(63)48(59)42-39-36-33-29-21-18-15-12-9-6-3/h7,10,15-16,18-19,24,26,38,41,46-49,51-53,55,57-59,61-62H,4-6,8-9,11-14,17,20-23,25,27-37,39-40,42-45H2,1-3H3,(H,56,63)/b10-7+,18-15-,19-16+,26-24+,41-38+. The summed E-state index contributed by atoms with van der Waals surface area (Å²) in [5.74, 6) is -1.23. The fourth-order valence-corrected chi connectivity index (χ4v) is 7.88. The van der Waals surface area contributed by atoms with Gasteiger partial charge in [-0.3, -0.25) is 9.59 Å². The molecule has 1 rings (SSSR count). The highest BCUT2D eigenvalue weighted by Crippen LogP contribution is 2.26. The zero-order valence-corrected chi connectivity index (χ0v) is 41.8. The van der Waals surface area contributed by atoms with Crippen molar-refractivity contribution >= 4 is 11.9 Å². The highest BCUT2D eigenvalue weighted by atomic mass is 16.7. The van der Waals surface area contributed by atoms with Crippen LogP contribution in [-0.2, 0) is 23.8 Å². The van der Waals surface area contributed by atoms with Crippen LogP contribution in [0.5, 0.6) is 0 Å². The van der Waals surface area contributed by atoms with E-state index in [0.29, 0.717) is 12.8 Å². The fourth-order valence-electron chi connectivity index (χ4n) is 7.88. The Labute approximate surface area is 401 Å². The predicted molar refractivity (Wildman–Crippen MR) is 269 cm³/mol. The van der Waals surface area contributed by atoms with Gasteiger partial charge >= 0.3 is 5.97 Å². The second-order valence-electron chi connectivity index (χ2n) is 18.2. The summed E-state index contributed by atoms with van der Waals surface area (Å²) in [7, 11) is 0. The minimum absolute atomic E-state index is 0.0951. The molecule has 1 aliphatic heterocycles. The number of ether oxygens (including phenoxy) is 3. The molecule has 0 radical (unpaired) electrons. The van der Waals surface area contributed by atoms with Gasteiger partial charge in [-0.15, -0.1) is 0 Å². The molecule has 11 heteroatoms. The van der Waals surface area contributed by atoms with Gasteiger partial charge in [0.15, 0.2) is 12.4 Å². The van der Waals surface area contributed by atoms with E-state index in [2.05, 4.69) is 74.7 Å². The molecule has 382 valence electrons. The number of carbonyl (C=O) groups is 2. The Morgan fingerprint density at radius 2 is 1.11 bits per heavy atom. The lowest BCUT2D eigenvalue weighted by Crippen LogP contribution is -2.61. The first-order valence-corrected chi connectivity index (χ1v) is 26.6. The van der Waals surface area contributed by atoms with Crippen molar-refractivity contribution < 1.29 is 49.3 Å². The van der Waals surface area contributed by atoms with Crippen LogP contribution in [-0.4, -0.2) is 99.6 Å². The molecule has 8 atom stereocenters. The summed E-state index contributed by atoms with van der Waals surface area (Å²) in [6.45, 7) is 5.58. The third kappa shape index (κ3) is 32.2. The third-order valence-electron chi connectivity index (χ3n) is 12.2. The summed E-state index contributed by atoms with van der Waals surface area (Å²) in [6, 6.07) is -1.03. The van der Waals surface area contributed by atoms with Gasteiger partial charge in [0.05, 0.1) is 25.4 Å². The van der Waals surface area contributed by atoms with Crippen LogP contribution < -0.4 is 5.32 Å². The van der Waals surface area contributed by atoms with Crippen molar-refractivity contribution in [2.24, 2.45) is 0 Å². The number of carbonyl (C=O) groups excluding carboxylic acids is 2. The maximum Gasteiger partial charge on any atom is 0.306 e. The number of hydrogen-bond acceptors (Lipinski definition) is 10. The van der Waals surface area contributed by atoms with Crippen LogP contribution in [0, 0.1) is 0 Å². The highest BCUT2D eigenvalue weighted by Gasteiger charge is 2.47. The van der Waals surface area contributed by atoms with Crippen LogP contribution in [0.4, 0.5) is 0 Å². The molecule has 1 aliphatic rings. The zero-order chi connectivity index (χ0) is 48.3. The molecule has 1 amide bonds. The van der Waals surface area contributed by atoms with Crippen LogP contribution in [0.2, 0.25) is 0 Å². The van der Waals surface area contributed by atoms with Gasteiger partial charge in [-0.1, -0.05) is 191 Å². The van der Waals surface area contributed by atoms with E-state index in [9.17, 15) is 35.1 Å². The lowest BCUT2D eigenvalue weighted by Gasteiger charge is -2.41. The molecule has 1 heterocycles. The van der Waals surface area contributed by atoms with Gasteiger partial charge in [-0.05, 0) is 77.0 Å². The number of amides is 1. The van der Waals surface area contributed by atoms with E-state index in [0.717, 1.165) is 96.3 Å². The number of nitrogens with one attached hydrogen (secondary N) is 1. The molecule has 0 bridgehead atoms. The predicted octanol–water partition coefficient (Wildman–Crippen LogP) is 11.1. The Kier molecular flexibility index (Phi) is 40.6. The summed E-state index contributed by atoms with van der Waals surface area (Å²) >= 11 is 0. The van der Waals surface area contributed by atoms with Crippen molar-refractivity contribution in [1.82, 2.24) is 5.32 Å². The number of aliphatic hydroxyl groups is 5. The van der Waals surface area contributed by atoms with E-state index < -0.39 is 67.4 Å². The Morgan fingerprint density at radius 3 is 1.70 bits per heavy atom. The first-order chi connectivity index (χ1) is 32.2. The maximum absolute atomic E-state index is 13.3. The van der Waals surface area contributed by atoms with E-state index in [1.54, 1.807) is 6.08 Å². The van der Waals surface area contributed by atoms with Gasteiger partial charge < -0.3 is 45.1 Å². The van der Waals surface area contributed by atoms with Crippen LogP contribution in [0.25, 0.3) is 0 Å². The molecule has 0 aromatic rings. The Morgan fingerprint density at radius 1 is 0.606 bits per heavy atom. The first-order valence-electron chi connectivity index (χ1n) is 26.6. The first kappa shape index (κ1) is 61.4. The van der Waals surface area contributed by atoms with Crippen molar-refractivity contribution in [3.63, 3.8) is 0 Å². The number of esters is 1. The Bertz CT molecular complexity index is 1300. The fraction of sp³-hybridized carbons (Fsp3) is 0.782. The second kappa shape index (κ2) is 43.6. The molecule has 0 aromatic heterocycles. The number of allylic oxidation sites excluding steroid dienone is 9. The van der Waals surface area contributed by atoms with E-state index >= 15 is 0 Å². The largest absolute Gasteiger partial charge is 0.454 e.